The number of halogens is 2. The first-order valence-corrected chi connectivity index (χ1v) is 11.3. The van der Waals surface area contributed by atoms with Gasteiger partial charge < -0.3 is 21.7 Å². The standard InChI is InChI=1S/C26H24BrN2O2.BrH/c1-17-11-23-24(12-18(17)2)29(15-25(30)20-4-6-22(27)7-5-20)16-28(23)14-19-3-8-26-21(13-19)9-10-31-26;/h3-8,11-13,16H,9-10,14-15H2,1-2H3;1H/q+1;/p-1. The van der Waals surface area contributed by atoms with Crippen molar-refractivity contribution in [2.75, 3.05) is 6.61 Å². The van der Waals surface area contributed by atoms with Crippen LogP contribution in [0.3, 0.4) is 0 Å². The van der Waals surface area contributed by atoms with Gasteiger partial charge >= 0.3 is 0 Å². The number of hydrogen-bond donors (Lipinski definition) is 0. The first-order valence-electron chi connectivity index (χ1n) is 10.5. The molecular formula is C26H24Br2N2O2. The maximum atomic E-state index is 13.0. The van der Waals surface area contributed by atoms with Gasteiger partial charge in [-0.15, -0.1) is 0 Å². The van der Waals surface area contributed by atoms with E-state index in [-0.39, 0.29) is 22.8 Å². The molecule has 0 bridgehead atoms. The van der Waals surface area contributed by atoms with Gasteiger partial charge in [0.2, 0.25) is 12.1 Å². The van der Waals surface area contributed by atoms with Gasteiger partial charge in [-0.05, 0) is 72.5 Å². The van der Waals surface area contributed by atoms with Crippen LogP contribution in [0.15, 0.2) is 65.4 Å². The highest BCUT2D eigenvalue weighted by Gasteiger charge is 2.21. The predicted molar refractivity (Wildman–Crippen MR) is 125 cm³/mol. The minimum atomic E-state index is 0. The van der Waals surface area contributed by atoms with Crippen LogP contribution in [0.1, 0.15) is 32.6 Å². The second kappa shape index (κ2) is 9.20. The summed E-state index contributed by atoms with van der Waals surface area (Å²) in [6.07, 6.45) is 3.04. The molecule has 0 saturated carbocycles. The Balaban J connectivity index is 0.00000245. The van der Waals surface area contributed by atoms with Crippen LogP contribution < -0.4 is 26.3 Å². The average Bonchev–Trinajstić information content (AvgIpc) is 3.34. The summed E-state index contributed by atoms with van der Waals surface area (Å²) in [4.78, 5) is 13.0. The molecule has 0 saturated heterocycles. The second-order valence-electron chi connectivity index (χ2n) is 8.27. The highest BCUT2D eigenvalue weighted by Crippen LogP contribution is 2.26. The van der Waals surface area contributed by atoms with E-state index in [2.05, 4.69) is 75.6 Å². The minimum absolute atomic E-state index is 0. The van der Waals surface area contributed by atoms with E-state index in [0.717, 1.165) is 46.4 Å². The molecule has 1 aliphatic rings. The molecule has 0 fully saturated rings. The van der Waals surface area contributed by atoms with Gasteiger partial charge in [-0.3, -0.25) is 4.79 Å². The number of aromatic nitrogens is 2. The van der Waals surface area contributed by atoms with Crippen LogP contribution in [0.4, 0.5) is 0 Å². The number of imidazole rings is 1. The van der Waals surface area contributed by atoms with Crippen molar-refractivity contribution in [3.63, 3.8) is 0 Å². The maximum absolute atomic E-state index is 13.0. The largest absolute Gasteiger partial charge is 1.00 e. The SMILES string of the molecule is Cc1cc2c(cc1C)[n+](Cc1ccc3c(c1)CCO3)cn2CC(=O)c1ccc(Br)cc1.[Br-]. The fraction of sp³-hybridized carbons (Fsp3) is 0.231. The van der Waals surface area contributed by atoms with Gasteiger partial charge in [0.05, 0.1) is 6.61 Å². The lowest BCUT2D eigenvalue weighted by molar-refractivity contribution is -0.663. The molecule has 4 nitrogen and oxygen atoms in total. The van der Waals surface area contributed by atoms with Crippen LogP contribution in [-0.4, -0.2) is 17.0 Å². The Morgan fingerprint density at radius 2 is 1.81 bits per heavy atom. The Labute approximate surface area is 206 Å². The molecule has 32 heavy (non-hydrogen) atoms. The fourth-order valence-corrected chi connectivity index (χ4v) is 4.47. The number of aryl methyl sites for hydroxylation is 2. The van der Waals surface area contributed by atoms with Crippen LogP contribution in [0.25, 0.3) is 11.0 Å². The zero-order valence-corrected chi connectivity index (χ0v) is 21.2. The summed E-state index contributed by atoms with van der Waals surface area (Å²) in [6.45, 7) is 6.09. The zero-order chi connectivity index (χ0) is 21.5. The van der Waals surface area contributed by atoms with Crippen LogP contribution in [-0.2, 0) is 19.5 Å². The van der Waals surface area contributed by atoms with Crippen LogP contribution in [0, 0.1) is 13.8 Å². The zero-order valence-electron chi connectivity index (χ0n) is 18.1. The number of Topliss-reactive ketones (excluding diaryl/α,β-unsaturated/α-hetero) is 1. The highest BCUT2D eigenvalue weighted by atomic mass is 79.9. The normalized spacial score (nSPS) is 12.3. The fourth-order valence-electron chi connectivity index (χ4n) is 4.21. The van der Waals surface area contributed by atoms with E-state index in [1.54, 1.807) is 0 Å². The first kappa shape index (κ1) is 22.7. The molecule has 0 amide bonds. The Kier molecular flexibility index (Phi) is 6.54. The average molecular weight is 556 g/mol. The van der Waals surface area contributed by atoms with Crippen molar-refractivity contribution in [3.8, 4) is 5.75 Å². The summed E-state index contributed by atoms with van der Waals surface area (Å²) in [5.74, 6) is 1.10. The molecule has 0 unspecified atom stereocenters. The third-order valence-corrected chi connectivity index (χ3v) is 6.60. The predicted octanol–water partition coefficient (Wildman–Crippen LogP) is 2.18. The van der Waals surface area contributed by atoms with Gasteiger partial charge in [-0.2, -0.15) is 0 Å². The third-order valence-electron chi connectivity index (χ3n) is 6.08. The Hall–Kier alpha value is -2.44. The molecular weight excluding hydrogens is 532 g/mol. The molecule has 2 heterocycles. The van der Waals surface area contributed by atoms with Gasteiger partial charge in [0.15, 0.2) is 17.6 Å². The summed E-state index contributed by atoms with van der Waals surface area (Å²) < 4.78 is 10.9. The lowest BCUT2D eigenvalue weighted by Gasteiger charge is -2.03. The Morgan fingerprint density at radius 3 is 2.59 bits per heavy atom. The molecule has 0 aliphatic carbocycles. The van der Waals surface area contributed by atoms with Crippen molar-refractivity contribution in [2.45, 2.75) is 33.4 Å². The lowest BCUT2D eigenvalue weighted by atomic mass is 10.1. The summed E-state index contributed by atoms with van der Waals surface area (Å²) in [5, 5.41) is 0. The molecule has 0 atom stereocenters. The number of nitrogens with zero attached hydrogens (tertiary/aromatic N) is 2. The van der Waals surface area contributed by atoms with E-state index in [0.29, 0.717) is 6.54 Å². The molecule has 6 heteroatoms. The van der Waals surface area contributed by atoms with Gasteiger partial charge in [-0.1, -0.05) is 34.1 Å². The highest BCUT2D eigenvalue weighted by molar-refractivity contribution is 9.10. The van der Waals surface area contributed by atoms with E-state index in [1.807, 2.05) is 24.3 Å². The Bertz CT molecular complexity index is 1310. The van der Waals surface area contributed by atoms with Gasteiger partial charge in [0.1, 0.15) is 12.3 Å². The molecule has 0 N–H and O–H groups in total. The summed E-state index contributed by atoms with van der Waals surface area (Å²) in [5.41, 5.74) is 7.94. The van der Waals surface area contributed by atoms with Crippen molar-refractivity contribution in [3.05, 3.63) is 93.2 Å². The van der Waals surface area contributed by atoms with Crippen molar-refractivity contribution in [2.24, 2.45) is 0 Å². The van der Waals surface area contributed by atoms with E-state index in [1.165, 1.54) is 22.3 Å². The molecule has 4 aromatic rings. The topological polar surface area (TPSA) is 35.1 Å². The van der Waals surface area contributed by atoms with Gasteiger partial charge in [0.25, 0.3) is 0 Å². The van der Waals surface area contributed by atoms with Gasteiger partial charge in [-0.25, -0.2) is 9.13 Å². The summed E-state index contributed by atoms with van der Waals surface area (Å²) in [6, 6.07) is 18.4. The molecule has 0 spiro atoms. The van der Waals surface area contributed by atoms with Crippen molar-refractivity contribution < 1.29 is 31.1 Å². The number of carbonyl (C=O) groups excluding carboxylic acids is 1. The van der Waals surface area contributed by atoms with Crippen molar-refractivity contribution in [1.29, 1.82) is 0 Å². The van der Waals surface area contributed by atoms with Crippen LogP contribution in [0.2, 0.25) is 0 Å². The molecule has 1 aromatic heterocycles. The number of carbonyl (C=O) groups is 1. The minimum Gasteiger partial charge on any atom is -1.00 e. The summed E-state index contributed by atoms with van der Waals surface area (Å²) >= 11 is 3.43. The number of ketones is 1. The maximum Gasteiger partial charge on any atom is 0.245 e. The summed E-state index contributed by atoms with van der Waals surface area (Å²) in [7, 11) is 0. The van der Waals surface area contributed by atoms with E-state index in [9.17, 15) is 4.79 Å². The third kappa shape index (κ3) is 4.39. The number of ether oxygens (including phenoxy) is 1. The Morgan fingerprint density at radius 1 is 1.06 bits per heavy atom. The number of benzene rings is 3. The van der Waals surface area contributed by atoms with E-state index < -0.39 is 0 Å². The van der Waals surface area contributed by atoms with Crippen LogP contribution >= 0.6 is 15.9 Å². The van der Waals surface area contributed by atoms with Crippen molar-refractivity contribution in [1.82, 2.24) is 4.57 Å². The molecule has 3 aromatic carbocycles. The second-order valence-corrected chi connectivity index (χ2v) is 9.18. The molecule has 1 aliphatic heterocycles. The van der Waals surface area contributed by atoms with Crippen LogP contribution in [0.5, 0.6) is 5.75 Å². The number of hydrogen-bond acceptors (Lipinski definition) is 2. The van der Waals surface area contributed by atoms with E-state index >= 15 is 0 Å². The van der Waals surface area contributed by atoms with E-state index in [4.69, 9.17) is 4.74 Å². The monoisotopic (exact) mass is 554 g/mol. The lowest BCUT2D eigenvalue weighted by Crippen LogP contribution is -3.00. The smallest absolute Gasteiger partial charge is 0.245 e. The van der Waals surface area contributed by atoms with Crippen molar-refractivity contribution >= 4 is 32.7 Å². The number of fused-ring (bicyclic) bond motifs is 2. The molecule has 0 radical (unpaired) electrons. The quantitative estimate of drug-likeness (QED) is 0.279. The molecule has 164 valence electrons. The molecule has 5 rings (SSSR count). The van der Waals surface area contributed by atoms with Gasteiger partial charge in [0, 0.05) is 16.5 Å². The number of rotatable bonds is 5. The first-order chi connectivity index (χ1) is 15.0.